The molecule has 0 radical (unpaired) electrons. The molecule has 0 spiro atoms. The second kappa shape index (κ2) is 7.29. The third-order valence-electron chi connectivity index (χ3n) is 3.90. The van der Waals surface area contributed by atoms with Crippen LogP contribution in [0.4, 0.5) is 11.4 Å². The summed E-state index contributed by atoms with van der Waals surface area (Å²) >= 11 is 0. The molecular weight excluding hydrogens is 250 g/mol. The van der Waals surface area contributed by atoms with Gasteiger partial charge in [-0.25, -0.2) is 0 Å². The zero-order chi connectivity index (χ0) is 14.4. The fourth-order valence-corrected chi connectivity index (χ4v) is 2.75. The molecule has 1 amide bonds. The van der Waals surface area contributed by atoms with Crippen molar-refractivity contribution < 1.29 is 4.79 Å². The van der Waals surface area contributed by atoms with Gasteiger partial charge in [0.15, 0.2) is 0 Å². The monoisotopic (exact) mass is 275 g/mol. The highest BCUT2D eigenvalue weighted by Gasteiger charge is 2.19. The van der Waals surface area contributed by atoms with E-state index in [9.17, 15) is 4.79 Å². The second-order valence-corrected chi connectivity index (χ2v) is 5.42. The van der Waals surface area contributed by atoms with E-state index in [1.807, 2.05) is 18.2 Å². The maximum atomic E-state index is 12.3. The highest BCUT2D eigenvalue weighted by molar-refractivity contribution is 5.96. The van der Waals surface area contributed by atoms with E-state index in [1.165, 1.54) is 12.8 Å². The lowest BCUT2D eigenvalue weighted by atomic mass is 10.0. The summed E-state index contributed by atoms with van der Waals surface area (Å²) < 4.78 is 0. The van der Waals surface area contributed by atoms with Crippen LogP contribution in [0.1, 0.15) is 32.6 Å². The lowest BCUT2D eigenvalue weighted by Crippen LogP contribution is -2.30. The molecule has 1 unspecified atom stereocenters. The molecule has 1 aromatic rings. The molecule has 0 bridgehead atoms. The van der Waals surface area contributed by atoms with Gasteiger partial charge >= 0.3 is 0 Å². The fourth-order valence-electron chi connectivity index (χ4n) is 2.75. The van der Waals surface area contributed by atoms with Crippen molar-refractivity contribution >= 4 is 17.3 Å². The van der Waals surface area contributed by atoms with Crippen molar-refractivity contribution in [1.29, 1.82) is 0 Å². The van der Waals surface area contributed by atoms with Crippen LogP contribution in [-0.2, 0) is 4.79 Å². The normalized spacial score (nSPS) is 16.2. The Bertz CT molecular complexity index is 441. The molecule has 4 nitrogen and oxygen atoms in total. The largest absolute Gasteiger partial charge is 0.370 e. The number of hydrogen-bond donors (Lipinski definition) is 2. The van der Waals surface area contributed by atoms with Crippen molar-refractivity contribution in [2.75, 3.05) is 29.9 Å². The summed E-state index contributed by atoms with van der Waals surface area (Å²) in [6.45, 7) is 4.63. The minimum Gasteiger partial charge on any atom is -0.370 e. The fraction of sp³-hybridized carbons (Fsp3) is 0.562. The summed E-state index contributed by atoms with van der Waals surface area (Å²) in [5.41, 5.74) is 7.74. The maximum Gasteiger partial charge on any atom is 0.228 e. The Hall–Kier alpha value is -1.55. The number of nitrogens with two attached hydrogens (primary N) is 1. The minimum absolute atomic E-state index is 0.0426. The Kier molecular flexibility index (Phi) is 5.41. The molecule has 0 aliphatic carbocycles. The van der Waals surface area contributed by atoms with Gasteiger partial charge in [0, 0.05) is 19.6 Å². The van der Waals surface area contributed by atoms with E-state index in [0.717, 1.165) is 37.3 Å². The predicted molar refractivity (Wildman–Crippen MR) is 84.0 cm³/mol. The molecule has 1 heterocycles. The van der Waals surface area contributed by atoms with Crippen LogP contribution < -0.4 is 16.0 Å². The molecule has 20 heavy (non-hydrogen) atoms. The van der Waals surface area contributed by atoms with Crippen LogP contribution in [0.2, 0.25) is 0 Å². The van der Waals surface area contributed by atoms with Crippen LogP contribution in [-0.4, -0.2) is 25.5 Å². The number of carbonyl (C=O) groups excluding carboxylic acids is 1. The maximum absolute atomic E-state index is 12.3. The van der Waals surface area contributed by atoms with E-state index in [-0.39, 0.29) is 11.8 Å². The number of para-hydroxylation sites is 2. The summed E-state index contributed by atoms with van der Waals surface area (Å²) in [6.07, 6.45) is 4.27. The molecule has 1 fully saturated rings. The number of amides is 1. The van der Waals surface area contributed by atoms with Gasteiger partial charge in [-0.05, 0) is 31.4 Å². The molecule has 1 aliphatic heterocycles. The average molecular weight is 275 g/mol. The van der Waals surface area contributed by atoms with E-state index in [1.54, 1.807) is 0 Å². The molecule has 110 valence electrons. The van der Waals surface area contributed by atoms with Crippen molar-refractivity contribution in [3.8, 4) is 0 Å². The highest BCUT2D eigenvalue weighted by atomic mass is 16.1. The van der Waals surface area contributed by atoms with Gasteiger partial charge in [0.25, 0.3) is 0 Å². The summed E-state index contributed by atoms with van der Waals surface area (Å²) in [4.78, 5) is 14.6. The van der Waals surface area contributed by atoms with Crippen molar-refractivity contribution in [3.05, 3.63) is 24.3 Å². The van der Waals surface area contributed by atoms with Gasteiger partial charge < -0.3 is 16.0 Å². The van der Waals surface area contributed by atoms with Gasteiger partial charge in [-0.1, -0.05) is 25.5 Å². The van der Waals surface area contributed by atoms with Crippen LogP contribution in [0.3, 0.4) is 0 Å². The summed E-state index contributed by atoms with van der Waals surface area (Å²) in [6, 6.07) is 8.05. The highest BCUT2D eigenvalue weighted by Crippen LogP contribution is 2.29. The van der Waals surface area contributed by atoms with Crippen LogP contribution in [0.15, 0.2) is 24.3 Å². The number of anilines is 2. The topological polar surface area (TPSA) is 58.4 Å². The first-order chi connectivity index (χ1) is 9.76. The Morgan fingerprint density at radius 3 is 2.70 bits per heavy atom. The number of nitrogens with zero attached hydrogens (tertiary/aromatic N) is 1. The number of benzene rings is 1. The van der Waals surface area contributed by atoms with Crippen molar-refractivity contribution in [2.45, 2.75) is 32.6 Å². The van der Waals surface area contributed by atoms with Crippen LogP contribution in [0, 0.1) is 5.92 Å². The number of nitrogens with one attached hydrogen (secondary N) is 1. The third kappa shape index (κ3) is 3.51. The number of hydrogen-bond acceptors (Lipinski definition) is 3. The van der Waals surface area contributed by atoms with Gasteiger partial charge in [-0.3, -0.25) is 4.79 Å². The Balaban J connectivity index is 2.10. The minimum atomic E-state index is -0.0911. The van der Waals surface area contributed by atoms with Gasteiger partial charge in [-0.2, -0.15) is 0 Å². The zero-order valence-electron chi connectivity index (χ0n) is 12.3. The second-order valence-electron chi connectivity index (χ2n) is 5.42. The molecule has 0 saturated carbocycles. The summed E-state index contributed by atoms with van der Waals surface area (Å²) in [5.74, 6) is -0.0485. The molecule has 1 atom stereocenters. The Labute approximate surface area is 121 Å². The van der Waals surface area contributed by atoms with Gasteiger partial charge in [0.2, 0.25) is 5.91 Å². The van der Waals surface area contributed by atoms with Crippen LogP contribution >= 0.6 is 0 Å². The summed E-state index contributed by atoms with van der Waals surface area (Å²) in [7, 11) is 0. The molecular formula is C16H25N3O. The molecule has 1 aliphatic rings. The lowest BCUT2D eigenvalue weighted by Gasteiger charge is -2.22. The smallest absolute Gasteiger partial charge is 0.228 e. The first kappa shape index (κ1) is 14.9. The van der Waals surface area contributed by atoms with E-state index >= 15 is 0 Å². The van der Waals surface area contributed by atoms with E-state index < -0.39 is 0 Å². The van der Waals surface area contributed by atoms with Gasteiger partial charge in [-0.15, -0.1) is 0 Å². The van der Waals surface area contributed by atoms with Crippen molar-refractivity contribution in [2.24, 2.45) is 11.7 Å². The first-order valence-corrected chi connectivity index (χ1v) is 7.61. The van der Waals surface area contributed by atoms with Crippen LogP contribution in [0.5, 0.6) is 0 Å². The number of carbonyl (C=O) groups is 1. The number of rotatable bonds is 6. The quantitative estimate of drug-likeness (QED) is 0.839. The summed E-state index contributed by atoms with van der Waals surface area (Å²) in [5, 5.41) is 3.06. The SMILES string of the molecule is CCCC(CN)C(=O)Nc1ccccc1N1CCCC1. The van der Waals surface area contributed by atoms with Gasteiger partial charge in [0.05, 0.1) is 17.3 Å². The molecule has 2 rings (SSSR count). The molecule has 3 N–H and O–H groups in total. The van der Waals surface area contributed by atoms with Crippen molar-refractivity contribution in [1.82, 2.24) is 0 Å². The molecule has 4 heteroatoms. The predicted octanol–water partition coefficient (Wildman–Crippen LogP) is 2.60. The average Bonchev–Trinajstić information content (AvgIpc) is 2.99. The standard InChI is InChI=1S/C16H25N3O/c1-2-7-13(12-17)16(20)18-14-8-3-4-9-15(14)19-10-5-6-11-19/h3-4,8-9,13H,2,5-7,10-12,17H2,1H3,(H,18,20). The molecule has 1 aromatic carbocycles. The van der Waals surface area contributed by atoms with Crippen LogP contribution in [0.25, 0.3) is 0 Å². The van der Waals surface area contributed by atoms with E-state index in [2.05, 4.69) is 23.2 Å². The first-order valence-electron chi connectivity index (χ1n) is 7.61. The third-order valence-corrected chi connectivity index (χ3v) is 3.90. The molecule has 0 aromatic heterocycles. The Morgan fingerprint density at radius 1 is 1.35 bits per heavy atom. The van der Waals surface area contributed by atoms with Gasteiger partial charge in [0.1, 0.15) is 0 Å². The lowest BCUT2D eigenvalue weighted by molar-refractivity contribution is -0.119. The molecule has 1 saturated heterocycles. The zero-order valence-corrected chi connectivity index (χ0v) is 12.3. The Morgan fingerprint density at radius 2 is 2.05 bits per heavy atom. The van der Waals surface area contributed by atoms with Crippen molar-refractivity contribution in [3.63, 3.8) is 0 Å². The van der Waals surface area contributed by atoms with E-state index in [4.69, 9.17) is 5.73 Å². The van der Waals surface area contributed by atoms with E-state index in [0.29, 0.717) is 6.54 Å².